The Balaban J connectivity index is 2.31. The third-order valence-corrected chi connectivity index (χ3v) is 4.19. The molecule has 6 heteroatoms. The van der Waals surface area contributed by atoms with E-state index in [2.05, 4.69) is 21.2 Å². The molecule has 0 atom stereocenters. The van der Waals surface area contributed by atoms with Crippen molar-refractivity contribution in [2.24, 2.45) is 0 Å². The first-order valence-corrected chi connectivity index (χ1v) is 9.36. The maximum Gasteiger partial charge on any atom is 0.266 e. The molecule has 0 heterocycles. The Morgan fingerprint density at radius 1 is 1.19 bits per heavy atom. The molecule has 2 aromatic carbocycles. The van der Waals surface area contributed by atoms with Crippen LogP contribution in [0.4, 0.5) is 5.69 Å². The number of carbonyl (C=O) groups excluding carboxylic acids is 1. The molecule has 27 heavy (non-hydrogen) atoms. The monoisotopic (exact) mass is 428 g/mol. The Kier molecular flexibility index (Phi) is 7.44. The maximum absolute atomic E-state index is 12.4. The van der Waals surface area contributed by atoms with Crippen LogP contribution in [0.5, 0.6) is 11.5 Å². The minimum atomic E-state index is -0.468. The Morgan fingerprint density at radius 3 is 2.44 bits per heavy atom. The van der Waals surface area contributed by atoms with E-state index >= 15 is 0 Å². The van der Waals surface area contributed by atoms with Gasteiger partial charge in [-0.05, 0) is 72.6 Å². The van der Waals surface area contributed by atoms with Gasteiger partial charge in [0.2, 0.25) is 0 Å². The third kappa shape index (κ3) is 5.60. The Hall–Kier alpha value is -2.78. The summed E-state index contributed by atoms with van der Waals surface area (Å²) in [7, 11) is 0. The number of nitrogens with one attached hydrogen (secondary N) is 1. The zero-order chi connectivity index (χ0) is 19.8. The SMILES string of the molecule is CCOc1cc(/C=C(/C#N)C(=O)Nc2ccc(C)cc2)cc(Br)c1OCC. The van der Waals surface area contributed by atoms with Crippen LogP contribution in [0.15, 0.2) is 46.4 Å². The lowest BCUT2D eigenvalue weighted by Crippen LogP contribution is -2.13. The lowest BCUT2D eigenvalue weighted by molar-refractivity contribution is -0.112. The van der Waals surface area contributed by atoms with Gasteiger partial charge in [0, 0.05) is 5.69 Å². The molecule has 5 nitrogen and oxygen atoms in total. The first-order chi connectivity index (χ1) is 13.0. The number of amides is 1. The number of benzene rings is 2. The highest BCUT2D eigenvalue weighted by Crippen LogP contribution is 2.37. The van der Waals surface area contributed by atoms with Gasteiger partial charge in [0.15, 0.2) is 11.5 Å². The van der Waals surface area contributed by atoms with Gasteiger partial charge in [-0.25, -0.2) is 0 Å². The Morgan fingerprint density at radius 2 is 1.85 bits per heavy atom. The second-order valence-corrected chi connectivity index (χ2v) is 6.54. The predicted octanol–water partition coefficient (Wildman–Crippen LogP) is 5.10. The van der Waals surface area contributed by atoms with Crippen molar-refractivity contribution in [1.82, 2.24) is 0 Å². The van der Waals surface area contributed by atoms with Crippen LogP contribution in [0.2, 0.25) is 0 Å². The molecule has 1 amide bonds. The third-order valence-electron chi connectivity index (χ3n) is 3.61. The first kappa shape index (κ1) is 20.5. The highest BCUT2D eigenvalue weighted by atomic mass is 79.9. The first-order valence-electron chi connectivity index (χ1n) is 8.57. The van der Waals surface area contributed by atoms with Crippen molar-refractivity contribution in [1.29, 1.82) is 5.26 Å². The summed E-state index contributed by atoms with van der Waals surface area (Å²) in [5.74, 6) is 0.680. The number of aryl methyl sites for hydroxylation is 1. The van der Waals surface area contributed by atoms with Gasteiger partial charge in [0.25, 0.3) is 5.91 Å². The van der Waals surface area contributed by atoms with Crippen LogP contribution in [0.25, 0.3) is 6.08 Å². The molecule has 0 radical (unpaired) electrons. The quantitative estimate of drug-likeness (QED) is 0.491. The van der Waals surface area contributed by atoms with Crippen LogP contribution in [-0.2, 0) is 4.79 Å². The molecule has 0 unspecified atom stereocenters. The van der Waals surface area contributed by atoms with Gasteiger partial charge in [-0.1, -0.05) is 17.7 Å². The normalized spacial score (nSPS) is 10.9. The Bertz CT molecular complexity index is 884. The van der Waals surface area contributed by atoms with Crippen LogP contribution >= 0.6 is 15.9 Å². The smallest absolute Gasteiger partial charge is 0.266 e. The molecule has 0 aliphatic heterocycles. The molecule has 2 aromatic rings. The number of anilines is 1. The molecule has 2 rings (SSSR count). The van der Waals surface area contributed by atoms with E-state index in [9.17, 15) is 10.1 Å². The number of hydrogen-bond acceptors (Lipinski definition) is 4. The molecule has 0 saturated carbocycles. The zero-order valence-electron chi connectivity index (χ0n) is 15.5. The molecular weight excluding hydrogens is 408 g/mol. The largest absolute Gasteiger partial charge is 0.490 e. The lowest BCUT2D eigenvalue weighted by atomic mass is 10.1. The summed E-state index contributed by atoms with van der Waals surface area (Å²) < 4.78 is 11.9. The second kappa shape index (κ2) is 9.79. The van der Waals surface area contributed by atoms with Crippen molar-refractivity contribution in [3.63, 3.8) is 0 Å². The van der Waals surface area contributed by atoms with Crippen LogP contribution < -0.4 is 14.8 Å². The van der Waals surface area contributed by atoms with Crippen LogP contribution in [-0.4, -0.2) is 19.1 Å². The molecular formula is C21H21BrN2O3. The van der Waals surface area contributed by atoms with Crippen molar-refractivity contribution in [3.8, 4) is 17.6 Å². The van der Waals surface area contributed by atoms with E-state index in [0.717, 1.165) is 5.56 Å². The van der Waals surface area contributed by atoms with E-state index in [1.807, 2.05) is 39.0 Å². The van der Waals surface area contributed by atoms with Crippen LogP contribution in [0.3, 0.4) is 0 Å². The van der Waals surface area contributed by atoms with Gasteiger partial charge in [-0.15, -0.1) is 0 Å². The number of ether oxygens (including phenoxy) is 2. The van der Waals surface area contributed by atoms with Crippen molar-refractivity contribution >= 4 is 33.6 Å². The summed E-state index contributed by atoms with van der Waals surface area (Å²) in [5, 5.41) is 12.1. The van der Waals surface area contributed by atoms with Crippen molar-refractivity contribution < 1.29 is 14.3 Å². The fourth-order valence-electron chi connectivity index (χ4n) is 2.37. The molecule has 0 bridgehead atoms. The van der Waals surface area contributed by atoms with E-state index < -0.39 is 5.91 Å². The highest BCUT2D eigenvalue weighted by molar-refractivity contribution is 9.10. The van der Waals surface area contributed by atoms with Crippen molar-refractivity contribution in [3.05, 3.63) is 57.6 Å². The number of nitrogens with zero attached hydrogens (tertiary/aromatic N) is 1. The number of rotatable bonds is 7. The van der Waals surface area contributed by atoms with Gasteiger partial charge in [-0.2, -0.15) is 5.26 Å². The number of hydrogen-bond donors (Lipinski definition) is 1. The van der Waals surface area contributed by atoms with E-state index in [1.165, 1.54) is 6.08 Å². The minimum absolute atomic E-state index is 0.00548. The van der Waals surface area contributed by atoms with E-state index in [-0.39, 0.29) is 5.57 Å². The molecule has 0 aromatic heterocycles. The maximum atomic E-state index is 12.4. The summed E-state index contributed by atoms with van der Waals surface area (Å²) in [6.45, 7) is 6.70. The van der Waals surface area contributed by atoms with E-state index in [4.69, 9.17) is 9.47 Å². The van der Waals surface area contributed by atoms with Crippen LogP contribution in [0.1, 0.15) is 25.0 Å². The Labute approximate surface area is 167 Å². The van der Waals surface area contributed by atoms with Gasteiger partial charge >= 0.3 is 0 Å². The van der Waals surface area contributed by atoms with Gasteiger partial charge in [0.05, 0.1) is 17.7 Å². The fourth-order valence-corrected chi connectivity index (χ4v) is 2.94. The molecule has 0 spiro atoms. The van der Waals surface area contributed by atoms with Crippen molar-refractivity contribution in [2.45, 2.75) is 20.8 Å². The summed E-state index contributed by atoms with van der Waals surface area (Å²) in [4.78, 5) is 12.4. The summed E-state index contributed by atoms with van der Waals surface area (Å²) in [6.07, 6.45) is 1.52. The zero-order valence-corrected chi connectivity index (χ0v) is 17.1. The summed E-state index contributed by atoms with van der Waals surface area (Å²) in [6, 6.07) is 12.9. The number of halogens is 1. The molecule has 0 fully saturated rings. The topological polar surface area (TPSA) is 71.3 Å². The average Bonchev–Trinajstić information content (AvgIpc) is 2.64. The van der Waals surface area contributed by atoms with Crippen molar-refractivity contribution in [2.75, 3.05) is 18.5 Å². The van der Waals surface area contributed by atoms with Gasteiger partial charge in [-0.3, -0.25) is 4.79 Å². The molecule has 0 aliphatic carbocycles. The summed E-state index contributed by atoms with van der Waals surface area (Å²) in [5.41, 5.74) is 2.37. The molecule has 0 aliphatic rings. The van der Waals surface area contributed by atoms with Crippen LogP contribution in [0, 0.1) is 18.3 Å². The average molecular weight is 429 g/mol. The van der Waals surface area contributed by atoms with E-state index in [0.29, 0.717) is 40.4 Å². The lowest BCUT2D eigenvalue weighted by Gasteiger charge is -2.13. The minimum Gasteiger partial charge on any atom is -0.490 e. The van der Waals surface area contributed by atoms with Gasteiger partial charge < -0.3 is 14.8 Å². The molecule has 1 N–H and O–H groups in total. The molecule has 140 valence electrons. The predicted molar refractivity (Wildman–Crippen MR) is 110 cm³/mol. The number of nitriles is 1. The molecule has 0 saturated heterocycles. The standard InChI is InChI=1S/C21H21BrN2O3/c1-4-26-19-12-15(11-18(22)20(19)27-5-2)10-16(13-23)21(25)24-17-8-6-14(3)7-9-17/h6-12H,4-5H2,1-3H3,(H,24,25)/b16-10-. The second-order valence-electron chi connectivity index (χ2n) is 5.69. The fraction of sp³-hybridized carbons (Fsp3) is 0.238. The highest BCUT2D eigenvalue weighted by Gasteiger charge is 2.14. The number of carbonyl (C=O) groups is 1. The summed E-state index contributed by atoms with van der Waals surface area (Å²) >= 11 is 3.46. The van der Waals surface area contributed by atoms with Gasteiger partial charge in [0.1, 0.15) is 11.6 Å². The van der Waals surface area contributed by atoms with E-state index in [1.54, 1.807) is 24.3 Å².